The van der Waals surface area contributed by atoms with Gasteiger partial charge in [-0.05, 0) is 61.8 Å². The normalized spacial score (nSPS) is 16.6. The third kappa shape index (κ3) is 3.58. The smallest absolute Gasteiger partial charge is 0.261 e. The minimum absolute atomic E-state index is 0.0333. The summed E-state index contributed by atoms with van der Waals surface area (Å²) in [5.41, 5.74) is 2.13. The molecule has 0 aromatic heterocycles. The highest BCUT2D eigenvalue weighted by atomic mass is 35.7. The van der Waals surface area contributed by atoms with Crippen molar-refractivity contribution >= 4 is 25.6 Å². The minimum Gasteiger partial charge on any atom is -0.351 e. The first-order valence-corrected chi connectivity index (χ1v) is 9.33. The molecule has 0 aliphatic heterocycles. The fourth-order valence-corrected chi connectivity index (χ4v) is 3.24. The molecule has 116 valence electrons. The van der Waals surface area contributed by atoms with Crippen molar-refractivity contribution in [3.05, 3.63) is 28.8 Å². The molecule has 1 aromatic carbocycles. The molecule has 21 heavy (non-hydrogen) atoms. The maximum Gasteiger partial charge on any atom is 0.261 e. The maximum absolute atomic E-state index is 12.3. The summed E-state index contributed by atoms with van der Waals surface area (Å²) in [5, 5.41) is 2.92. The van der Waals surface area contributed by atoms with E-state index in [4.69, 9.17) is 10.7 Å². The van der Waals surface area contributed by atoms with Gasteiger partial charge in [-0.2, -0.15) is 0 Å². The molecule has 0 atom stereocenters. The van der Waals surface area contributed by atoms with Gasteiger partial charge in [0.25, 0.3) is 15.0 Å². The summed E-state index contributed by atoms with van der Waals surface area (Å²) in [6.45, 7) is 6.33. The molecule has 0 radical (unpaired) electrons. The van der Waals surface area contributed by atoms with Crippen molar-refractivity contribution in [1.29, 1.82) is 0 Å². The zero-order valence-corrected chi connectivity index (χ0v) is 14.1. The Labute approximate surface area is 130 Å². The number of benzene rings is 1. The second-order valence-corrected chi connectivity index (χ2v) is 8.45. The predicted octanol–water partition coefficient (Wildman–Crippen LogP) is 3.15. The van der Waals surface area contributed by atoms with Gasteiger partial charge in [0.1, 0.15) is 0 Å². The fraction of sp³-hybridized carbons (Fsp3) is 0.533. The van der Waals surface area contributed by atoms with Crippen LogP contribution in [0.25, 0.3) is 0 Å². The molecule has 2 rings (SSSR count). The van der Waals surface area contributed by atoms with Crippen molar-refractivity contribution in [3.8, 4) is 0 Å². The van der Waals surface area contributed by atoms with Gasteiger partial charge >= 0.3 is 0 Å². The fourth-order valence-electron chi connectivity index (χ4n) is 2.40. The van der Waals surface area contributed by atoms with Crippen molar-refractivity contribution in [1.82, 2.24) is 5.32 Å². The average molecular weight is 330 g/mol. The van der Waals surface area contributed by atoms with Crippen LogP contribution in [0.5, 0.6) is 0 Å². The molecule has 1 N–H and O–H groups in total. The van der Waals surface area contributed by atoms with Gasteiger partial charge in [-0.15, -0.1) is 0 Å². The Bertz CT molecular complexity index is 678. The predicted molar refractivity (Wildman–Crippen MR) is 83.2 cm³/mol. The van der Waals surface area contributed by atoms with E-state index in [2.05, 4.69) is 12.2 Å². The van der Waals surface area contributed by atoms with Crippen molar-refractivity contribution < 1.29 is 13.2 Å². The van der Waals surface area contributed by atoms with E-state index in [1.54, 1.807) is 6.92 Å². The third-order valence-electron chi connectivity index (χ3n) is 4.50. The Morgan fingerprint density at radius 1 is 1.33 bits per heavy atom. The summed E-state index contributed by atoms with van der Waals surface area (Å²) in [4.78, 5) is 12.3. The lowest BCUT2D eigenvalue weighted by atomic mass is 10.0. The lowest BCUT2D eigenvalue weighted by Crippen LogP contribution is -2.30. The van der Waals surface area contributed by atoms with Crippen LogP contribution in [0.4, 0.5) is 0 Å². The molecular weight excluding hydrogens is 310 g/mol. The number of hydrogen-bond acceptors (Lipinski definition) is 3. The monoisotopic (exact) mass is 329 g/mol. The Kier molecular flexibility index (Phi) is 4.36. The number of halogens is 1. The van der Waals surface area contributed by atoms with Gasteiger partial charge in [0.15, 0.2) is 0 Å². The summed E-state index contributed by atoms with van der Waals surface area (Å²) in [7, 11) is 1.54. The summed E-state index contributed by atoms with van der Waals surface area (Å²) in [6.07, 6.45) is 3.32. The Balaban J connectivity index is 2.26. The standard InChI is InChI=1S/C15H20ClNO3S/c1-4-15(5-6-15)9-17-14(18)13-8-12(21(16,19)20)7-10(2)11(13)3/h7-8H,4-6,9H2,1-3H3,(H,17,18). The molecule has 0 bridgehead atoms. The number of nitrogens with one attached hydrogen (secondary N) is 1. The van der Waals surface area contributed by atoms with Crippen LogP contribution in [0.1, 0.15) is 47.7 Å². The third-order valence-corrected chi connectivity index (χ3v) is 5.83. The number of hydrogen-bond donors (Lipinski definition) is 1. The summed E-state index contributed by atoms with van der Waals surface area (Å²) < 4.78 is 23.0. The van der Waals surface area contributed by atoms with Crippen LogP contribution in [-0.2, 0) is 9.05 Å². The first-order valence-electron chi connectivity index (χ1n) is 7.03. The van der Waals surface area contributed by atoms with Crippen LogP contribution in [0.3, 0.4) is 0 Å². The number of carbonyl (C=O) groups excluding carboxylic acids is 1. The Morgan fingerprint density at radius 3 is 2.43 bits per heavy atom. The lowest BCUT2D eigenvalue weighted by Gasteiger charge is -2.15. The number of rotatable bonds is 5. The molecule has 1 fully saturated rings. The van der Waals surface area contributed by atoms with Gasteiger partial charge in [-0.3, -0.25) is 4.79 Å². The van der Waals surface area contributed by atoms with Crippen molar-refractivity contribution in [2.24, 2.45) is 5.41 Å². The molecule has 4 nitrogen and oxygen atoms in total. The topological polar surface area (TPSA) is 63.2 Å². The Hall–Kier alpha value is -1.07. The van der Waals surface area contributed by atoms with E-state index in [0.29, 0.717) is 12.1 Å². The largest absolute Gasteiger partial charge is 0.351 e. The quantitative estimate of drug-likeness (QED) is 0.844. The summed E-state index contributed by atoms with van der Waals surface area (Å²) in [5.74, 6) is -0.238. The molecule has 6 heteroatoms. The molecule has 0 unspecified atom stereocenters. The Morgan fingerprint density at radius 2 is 1.95 bits per heavy atom. The van der Waals surface area contributed by atoms with Gasteiger partial charge in [0.2, 0.25) is 0 Å². The highest BCUT2D eigenvalue weighted by Gasteiger charge is 2.40. The van der Waals surface area contributed by atoms with E-state index in [9.17, 15) is 13.2 Å². The highest BCUT2D eigenvalue weighted by molar-refractivity contribution is 8.13. The van der Waals surface area contributed by atoms with E-state index in [1.807, 2.05) is 6.92 Å². The molecule has 1 saturated carbocycles. The van der Waals surface area contributed by atoms with Crippen molar-refractivity contribution in [2.75, 3.05) is 6.54 Å². The molecule has 1 aliphatic carbocycles. The second kappa shape index (κ2) is 5.61. The van der Waals surface area contributed by atoms with E-state index in [-0.39, 0.29) is 16.2 Å². The molecular formula is C15H20ClNO3S. The van der Waals surface area contributed by atoms with Crippen LogP contribution >= 0.6 is 10.7 Å². The number of carbonyl (C=O) groups is 1. The zero-order chi connectivity index (χ0) is 15.8. The van der Waals surface area contributed by atoms with Crippen LogP contribution in [0.2, 0.25) is 0 Å². The molecule has 0 heterocycles. The van der Waals surface area contributed by atoms with Crippen molar-refractivity contribution in [3.63, 3.8) is 0 Å². The summed E-state index contributed by atoms with van der Waals surface area (Å²) in [6, 6.07) is 2.84. The van der Waals surface area contributed by atoms with Crippen LogP contribution in [-0.4, -0.2) is 20.9 Å². The van der Waals surface area contributed by atoms with E-state index < -0.39 is 9.05 Å². The first-order chi connectivity index (χ1) is 9.68. The van der Waals surface area contributed by atoms with E-state index in [1.165, 1.54) is 12.1 Å². The maximum atomic E-state index is 12.3. The van der Waals surface area contributed by atoms with Gasteiger partial charge in [0.05, 0.1) is 4.90 Å². The van der Waals surface area contributed by atoms with E-state index in [0.717, 1.165) is 30.4 Å². The van der Waals surface area contributed by atoms with Crippen LogP contribution in [0.15, 0.2) is 17.0 Å². The lowest BCUT2D eigenvalue weighted by molar-refractivity contribution is 0.0943. The van der Waals surface area contributed by atoms with Crippen LogP contribution in [0, 0.1) is 19.3 Å². The SMILES string of the molecule is CCC1(CNC(=O)c2cc(S(=O)(=O)Cl)cc(C)c2C)CC1. The number of amides is 1. The van der Waals surface area contributed by atoms with Crippen molar-refractivity contribution in [2.45, 2.75) is 44.9 Å². The molecule has 1 aliphatic rings. The molecule has 0 saturated heterocycles. The zero-order valence-electron chi connectivity index (χ0n) is 12.5. The van der Waals surface area contributed by atoms with Gasteiger partial charge in [-0.1, -0.05) is 6.92 Å². The first kappa shape index (κ1) is 16.3. The van der Waals surface area contributed by atoms with E-state index >= 15 is 0 Å². The van der Waals surface area contributed by atoms with Gasteiger partial charge in [-0.25, -0.2) is 8.42 Å². The number of aryl methyl sites for hydroxylation is 1. The highest BCUT2D eigenvalue weighted by Crippen LogP contribution is 2.47. The molecule has 1 amide bonds. The molecule has 1 aromatic rings. The molecule has 0 spiro atoms. The van der Waals surface area contributed by atoms with Gasteiger partial charge < -0.3 is 5.32 Å². The second-order valence-electron chi connectivity index (χ2n) is 5.89. The van der Waals surface area contributed by atoms with Crippen LogP contribution < -0.4 is 5.32 Å². The van der Waals surface area contributed by atoms with Gasteiger partial charge in [0, 0.05) is 22.8 Å². The summed E-state index contributed by atoms with van der Waals surface area (Å²) >= 11 is 0. The average Bonchev–Trinajstić information content (AvgIpc) is 3.18. The minimum atomic E-state index is -3.84.